The molecule has 0 saturated heterocycles. The average molecular weight is 363 g/mol. The lowest BCUT2D eigenvalue weighted by atomic mass is 10.1. The second-order valence-electron chi connectivity index (χ2n) is 4.82. The smallest absolute Gasteiger partial charge is 0.129 e. The van der Waals surface area contributed by atoms with Crippen LogP contribution in [-0.4, -0.2) is 9.56 Å². The molecule has 21 heavy (non-hydrogen) atoms. The molecule has 0 aliphatic rings. The summed E-state index contributed by atoms with van der Waals surface area (Å²) in [5, 5.41) is 1.04. The number of benzene rings is 2. The van der Waals surface area contributed by atoms with Gasteiger partial charge >= 0.3 is 0 Å². The van der Waals surface area contributed by atoms with E-state index in [0.717, 1.165) is 20.9 Å². The highest BCUT2D eigenvalue weighted by atomic mass is 79.9. The predicted molar refractivity (Wildman–Crippen MR) is 91.0 cm³/mol. The number of fused-ring (bicyclic) bond motifs is 1. The maximum Gasteiger partial charge on any atom is 0.129 e. The zero-order valence-electron chi connectivity index (χ0n) is 11.0. The van der Waals surface area contributed by atoms with Crippen LogP contribution >= 0.6 is 28.1 Å². The molecule has 0 aliphatic carbocycles. The normalized spacial score (nSPS) is 11.0. The van der Waals surface area contributed by atoms with E-state index in [1.807, 2.05) is 41.1 Å². The summed E-state index contributed by atoms with van der Waals surface area (Å²) in [5.41, 5.74) is 8.15. The highest BCUT2D eigenvalue weighted by molar-refractivity contribution is 9.10. The molecule has 2 aromatic carbocycles. The Bertz CT molecular complexity index is 841. The molecule has 0 bridgehead atoms. The van der Waals surface area contributed by atoms with E-state index >= 15 is 0 Å². The van der Waals surface area contributed by atoms with Crippen molar-refractivity contribution in [2.24, 2.45) is 5.73 Å². The summed E-state index contributed by atoms with van der Waals surface area (Å²) < 4.78 is 16.7. The third-order valence-corrected chi connectivity index (χ3v) is 4.14. The molecule has 3 aromatic rings. The van der Waals surface area contributed by atoms with Crippen molar-refractivity contribution < 1.29 is 4.39 Å². The van der Waals surface area contributed by atoms with Crippen LogP contribution in [0, 0.1) is 5.82 Å². The molecule has 0 unspecified atom stereocenters. The van der Waals surface area contributed by atoms with Gasteiger partial charge < -0.3 is 10.3 Å². The van der Waals surface area contributed by atoms with E-state index in [0.29, 0.717) is 17.1 Å². The minimum absolute atomic E-state index is 0.217. The van der Waals surface area contributed by atoms with Crippen LogP contribution in [0.25, 0.3) is 10.9 Å². The van der Waals surface area contributed by atoms with Crippen molar-refractivity contribution in [2.45, 2.75) is 6.54 Å². The first-order chi connectivity index (χ1) is 10.0. The molecule has 2 nitrogen and oxygen atoms in total. The van der Waals surface area contributed by atoms with Crippen molar-refractivity contribution in [3.63, 3.8) is 0 Å². The molecule has 0 aliphatic heterocycles. The van der Waals surface area contributed by atoms with Crippen molar-refractivity contribution in [1.29, 1.82) is 0 Å². The van der Waals surface area contributed by atoms with Gasteiger partial charge in [-0.3, -0.25) is 0 Å². The highest BCUT2D eigenvalue weighted by Gasteiger charge is 2.07. The first-order valence-electron chi connectivity index (χ1n) is 6.37. The summed E-state index contributed by atoms with van der Waals surface area (Å²) in [4.78, 5) is 0.378. The molecule has 1 heterocycles. The van der Waals surface area contributed by atoms with Gasteiger partial charge in [-0.2, -0.15) is 0 Å². The Balaban J connectivity index is 1.99. The lowest BCUT2D eigenvalue weighted by molar-refractivity contribution is 0.601. The molecule has 5 heteroatoms. The number of nitrogens with two attached hydrogens (primary N) is 1. The molecule has 0 radical (unpaired) electrons. The Morgan fingerprint density at radius 1 is 1.19 bits per heavy atom. The van der Waals surface area contributed by atoms with Crippen molar-refractivity contribution in [2.75, 3.05) is 0 Å². The minimum Gasteiger partial charge on any atom is -0.389 e. The van der Waals surface area contributed by atoms with Crippen LogP contribution in [0.5, 0.6) is 0 Å². The largest absolute Gasteiger partial charge is 0.389 e. The van der Waals surface area contributed by atoms with Gasteiger partial charge in [-0.15, -0.1) is 0 Å². The van der Waals surface area contributed by atoms with Crippen molar-refractivity contribution in [3.05, 3.63) is 70.1 Å². The minimum atomic E-state index is -0.217. The zero-order valence-corrected chi connectivity index (χ0v) is 13.4. The summed E-state index contributed by atoms with van der Waals surface area (Å²) in [6.07, 6.45) is 1.94. The van der Waals surface area contributed by atoms with Gasteiger partial charge in [0.2, 0.25) is 0 Å². The second kappa shape index (κ2) is 5.58. The number of thiocarbonyl (C=S) groups is 1. The summed E-state index contributed by atoms with van der Waals surface area (Å²) in [7, 11) is 0. The van der Waals surface area contributed by atoms with Crippen molar-refractivity contribution in [1.82, 2.24) is 4.57 Å². The lowest BCUT2D eigenvalue weighted by Gasteiger charge is -2.08. The molecule has 0 spiro atoms. The Morgan fingerprint density at radius 2 is 2.00 bits per heavy atom. The van der Waals surface area contributed by atoms with Crippen LogP contribution in [0.4, 0.5) is 4.39 Å². The first kappa shape index (κ1) is 14.2. The maximum atomic E-state index is 13.9. The Morgan fingerprint density at radius 3 is 2.71 bits per heavy atom. The van der Waals surface area contributed by atoms with Crippen LogP contribution in [-0.2, 0) is 6.54 Å². The second-order valence-corrected chi connectivity index (χ2v) is 6.17. The molecule has 0 atom stereocenters. The number of nitrogens with zero attached hydrogens (tertiary/aromatic N) is 1. The first-order valence-corrected chi connectivity index (χ1v) is 7.57. The number of hydrogen-bond donors (Lipinski definition) is 1. The van der Waals surface area contributed by atoms with Crippen LogP contribution in [0.1, 0.15) is 11.1 Å². The molecule has 0 saturated carbocycles. The molecule has 0 fully saturated rings. The summed E-state index contributed by atoms with van der Waals surface area (Å²) >= 11 is 8.25. The standard InChI is InChI=1S/C16H12BrFN2S/c17-13-3-1-12(14(18)8-13)9-20-6-5-10-7-11(16(19)21)2-4-15(10)20/h1-8H,9H2,(H2,19,21). The highest BCUT2D eigenvalue weighted by Crippen LogP contribution is 2.21. The van der Waals surface area contributed by atoms with E-state index < -0.39 is 0 Å². The number of halogens is 2. The van der Waals surface area contributed by atoms with E-state index in [4.69, 9.17) is 18.0 Å². The van der Waals surface area contributed by atoms with Crippen molar-refractivity contribution in [3.8, 4) is 0 Å². The third-order valence-electron chi connectivity index (χ3n) is 3.41. The van der Waals surface area contributed by atoms with E-state index in [1.54, 1.807) is 6.07 Å². The number of aromatic nitrogens is 1. The number of rotatable bonds is 3. The fourth-order valence-electron chi connectivity index (χ4n) is 2.32. The lowest BCUT2D eigenvalue weighted by Crippen LogP contribution is -2.08. The van der Waals surface area contributed by atoms with E-state index in [9.17, 15) is 4.39 Å². The van der Waals surface area contributed by atoms with Gasteiger partial charge in [0.1, 0.15) is 10.8 Å². The predicted octanol–water partition coefficient (Wildman–Crippen LogP) is 4.23. The van der Waals surface area contributed by atoms with Crippen LogP contribution < -0.4 is 5.73 Å². The van der Waals surface area contributed by atoms with Crippen LogP contribution in [0.15, 0.2) is 53.1 Å². The third kappa shape index (κ3) is 2.84. The van der Waals surface area contributed by atoms with Crippen LogP contribution in [0.3, 0.4) is 0 Å². The SMILES string of the molecule is NC(=S)c1ccc2c(ccn2Cc2ccc(Br)cc2F)c1. The fraction of sp³-hybridized carbons (Fsp3) is 0.0625. The zero-order chi connectivity index (χ0) is 15.0. The van der Waals surface area contributed by atoms with Gasteiger partial charge in [0.15, 0.2) is 0 Å². The van der Waals surface area contributed by atoms with E-state index in [1.165, 1.54) is 6.07 Å². The van der Waals surface area contributed by atoms with Gasteiger partial charge in [-0.25, -0.2) is 4.39 Å². The quantitative estimate of drug-likeness (QED) is 0.707. The topological polar surface area (TPSA) is 30.9 Å². The summed E-state index contributed by atoms with van der Waals surface area (Å²) in [6, 6.07) is 12.9. The van der Waals surface area contributed by atoms with Crippen LogP contribution in [0.2, 0.25) is 0 Å². The molecule has 1 aromatic heterocycles. The Kier molecular flexibility index (Phi) is 3.78. The summed E-state index contributed by atoms with van der Waals surface area (Å²) in [6.45, 7) is 0.481. The van der Waals surface area contributed by atoms with Gasteiger partial charge in [0, 0.05) is 32.7 Å². The number of hydrogen-bond acceptors (Lipinski definition) is 1. The molecular formula is C16H12BrFN2S. The Labute approximate surface area is 135 Å². The molecular weight excluding hydrogens is 351 g/mol. The average Bonchev–Trinajstić information content (AvgIpc) is 2.84. The van der Waals surface area contributed by atoms with Gasteiger partial charge in [-0.1, -0.05) is 34.2 Å². The van der Waals surface area contributed by atoms with Gasteiger partial charge in [0.25, 0.3) is 0 Å². The van der Waals surface area contributed by atoms with E-state index in [-0.39, 0.29) is 5.82 Å². The van der Waals surface area contributed by atoms with Crippen molar-refractivity contribution >= 4 is 44.0 Å². The monoisotopic (exact) mass is 362 g/mol. The molecule has 0 amide bonds. The van der Waals surface area contributed by atoms with Gasteiger partial charge in [-0.05, 0) is 36.4 Å². The molecule has 2 N–H and O–H groups in total. The summed E-state index contributed by atoms with van der Waals surface area (Å²) in [5.74, 6) is -0.217. The maximum absolute atomic E-state index is 13.9. The van der Waals surface area contributed by atoms with Gasteiger partial charge in [0.05, 0.1) is 6.54 Å². The molecule has 3 rings (SSSR count). The molecule has 106 valence electrons. The Hall–Kier alpha value is -1.72. The fourth-order valence-corrected chi connectivity index (χ4v) is 2.78. The van der Waals surface area contributed by atoms with E-state index in [2.05, 4.69) is 15.9 Å².